The van der Waals surface area contributed by atoms with Gasteiger partial charge in [-0.05, 0) is 47.5 Å². The lowest BCUT2D eigenvalue weighted by Gasteiger charge is -2.12. The topological polar surface area (TPSA) is 54.0 Å². The van der Waals surface area contributed by atoms with Crippen LogP contribution in [-0.4, -0.2) is 34.2 Å². The molecule has 0 aliphatic heterocycles. The predicted molar refractivity (Wildman–Crippen MR) is 102 cm³/mol. The Bertz CT molecular complexity index is 779. The molecule has 5 heteroatoms. The predicted octanol–water partition coefficient (Wildman–Crippen LogP) is 4.02. The minimum Gasteiger partial charge on any atom is -0.497 e. The van der Waals surface area contributed by atoms with E-state index in [1.54, 1.807) is 52.7 Å². The van der Waals surface area contributed by atoms with E-state index in [4.69, 9.17) is 18.9 Å². The molecule has 26 heavy (non-hydrogen) atoms. The number of allylic oxidation sites excluding steroid dienone is 2. The van der Waals surface area contributed by atoms with Gasteiger partial charge in [0.2, 0.25) is 5.75 Å². The summed E-state index contributed by atoms with van der Waals surface area (Å²) in [4.78, 5) is 12.1. The van der Waals surface area contributed by atoms with Gasteiger partial charge in [0.1, 0.15) is 5.75 Å². The summed E-state index contributed by atoms with van der Waals surface area (Å²) >= 11 is 0. The number of hydrogen-bond donors (Lipinski definition) is 0. The molecule has 136 valence electrons. The average molecular weight is 354 g/mol. The van der Waals surface area contributed by atoms with Gasteiger partial charge in [0.25, 0.3) is 0 Å². The summed E-state index contributed by atoms with van der Waals surface area (Å²) < 4.78 is 21.0. The third kappa shape index (κ3) is 4.89. The molecule has 0 amide bonds. The summed E-state index contributed by atoms with van der Waals surface area (Å²) in [6.07, 6.45) is 6.45. The highest BCUT2D eigenvalue weighted by atomic mass is 16.5. The first kappa shape index (κ1) is 19.1. The van der Waals surface area contributed by atoms with Crippen molar-refractivity contribution in [3.8, 4) is 23.0 Å². The number of carbonyl (C=O) groups excluding carboxylic acids is 1. The maximum atomic E-state index is 12.1. The summed E-state index contributed by atoms with van der Waals surface area (Å²) in [5.41, 5.74) is 1.69. The smallest absolute Gasteiger partial charge is 0.203 e. The normalized spacial score (nSPS) is 10.9. The fraction of sp³-hybridized carbons (Fsp3) is 0.190. The average Bonchev–Trinajstić information content (AvgIpc) is 2.69. The lowest BCUT2D eigenvalue weighted by Crippen LogP contribution is -1.95. The van der Waals surface area contributed by atoms with Crippen molar-refractivity contribution in [1.29, 1.82) is 0 Å². The molecule has 0 aliphatic carbocycles. The largest absolute Gasteiger partial charge is 0.497 e. The van der Waals surface area contributed by atoms with Crippen LogP contribution in [0.5, 0.6) is 23.0 Å². The van der Waals surface area contributed by atoms with E-state index in [1.807, 2.05) is 24.3 Å². The van der Waals surface area contributed by atoms with E-state index in [1.165, 1.54) is 12.2 Å². The van der Waals surface area contributed by atoms with Crippen LogP contribution >= 0.6 is 0 Å². The maximum Gasteiger partial charge on any atom is 0.203 e. The lowest BCUT2D eigenvalue weighted by atomic mass is 10.1. The van der Waals surface area contributed by atoms with Gasteiger partial charge in [-0.25, -0.2) is 0 Å². The van der Waals surface area contributed by atoms with Gasteiger partial charge in [-0.15, -0.1) is 0 Å². The third-order valence-electron chi connectivity index (χ3n) is 3.68. The Morgan fingerprint density at radius 2 is 1.27 bits per heavy atom. The maximum absolute atomic E-state index is 12.1. The summed E-state index contributed by atoms with van der Waals surface area (Å²) in [6.45, 7) is 0. The minimum absolute atomic E-state index is 0.130. The standard InChI is InChI=1S/C21H22O5/c1-23-18-11-7-15(8-12-18)5-9-17(22)10-6-16-13-19(24-2)21(26-4)20(14-16)25-3/h5-14H,1-4H3/b9-5+,10-6+. The fourth-order valence-electron chi connectivity index (χ4n) is 2.32. The molecule has 0 spiro atoms. The zero-order valence-corrected chi connectivity index (χ0v) is 15.3. The van der Waals surface area contributed by atoms with E-state index in [-0.39, 0.29) is 5.78 Å². The van der Waals surface area contributed by atoms with Crippen molar-refractivity contribution in [1.82, 2.24) is 0 Å². The second-order valence-corrected chi connectivity index (χ2v) is 5.30. The van der Waals surface area contributed by atoms with Crippen molar-refractivity contribution in [3.05, 3.63) is 59.7 Å². The van der Waals surface area contributed by atoms with E-state index in [2.05, 4.69) is 0 Å². The molecule has 0 fully saturated rings. The van der Waals surface area contributed by atoms with E-state index in [0.717, 1.165) is 16.9 Å². The summed E-state index contributed by atoms with van der Waals surface area (Å²) in [5.74, 6) is 2.23. The van der Waals surface area contributed by atoms with Gasteiger partial charge in [0.05, 0.1) is 28.4 Å². The number of ketones is 1. The Balaban J connectivity index is 2.12. The van der Waals surface area contributed by atoms with Crippen molar-refractivity contribution in [2.45, 2.75) is 0 Å². The van der Waals surface area contributed by atoms with Crippen LogP contribution < -0.4 is 18.9 Å². The fourth-order valence-corrected chi connectivity index (χ4v) is 2.32. The van der Waals surface area contributed by atoms with Gasteiger partial charge in [0, 0.05) is 0 Å². The Morgan fingerprint density at radius 3 is 1.73 bits per heavy atom. The highest BCUT2D eigenvalue weighted by Crippen LogP contribution is 2.38. The van der Waals surface area contributed by atoms with Gasteiger partial charge in [-0.1, -0.05) is 24.3 Å². The molecule has 0 radical (unpaired) electrons. The van der Waals surface area contributed by atoms with Crippen LogP contribution in [0.2, 0.25) is 0 Å². The van der Waals surface area contributed by atoms with Gasteiger partial charge in [-0.3, -0.25) is 4.79 Å². The van der Waals surface area contributed by atoms with Gasteiger partial charge < -0.3 is 18.9 Å². The van der Waals surface area contributed by atoms with Crippen molar-refractivity contribution in [2.75, 3.05) is 28.4 Å². The third-order valence-corrected chi connectivity index (χ3v) is 3.68. The van der Waals surface area contributed by atoms with Crippen molar-refractivity contribution < 1.29 is 23.7 Å². The van der Waals surface area contributed by atoms with E-state index < -0.39 is 0 Å². The minimum atomic E-state index is -0.130. The zero-order chi connectivity index (χ0) is 18.9. The van der Waals surface area contributed by atoms with Crippen molar-refractivity contribution in [3.63, 3.8) is 0 Å². The Kier molecular flexibility index (Phi) is 6.85. The Morgan fingerprint density at radius 1 is 0.731 bits per heavy atom. The van der Waals surface area contributed by atoms with Crippen LogP contribution in [0, 0.1) is 0 Å². The summed E-state index contributed by atoms with van der Waals surface area (Å²) in [6, 6.07) is 11.0. The molecule has 0 unspecified atom stereocenters. The molecule has 0 atom stereocenters. The van der Waals surface area contributed by atoms with Gasteiger partial charge in [-0.2, -0.15) is 0 Å². The molecule has 2 aromatic rings. The molecule has 5 nitrogen and oxygen atoms in total. The molecule has 2 aromatic carbocycles. The summed E-state index contributed by atoms with van der Waals surface area (Å²) in [7, 11) is 6.26. The number of benzene rings is 2. The first-order valence-electron chi connectivity index (χ1n) is 7.95. The zero-order valence-electron chi connectivity index (χ0n) is 15.3. The van der Waals surface area contributed by atoms with E-state index >= 15 is 0 Å². The number of ether oxygens (including phenoxy) is 4. The SMILES string of the molecule is COc1ccc(/C=C/C(=O)/C=C/c2cc(OC)c(OC)c(OC)c2)cc1. The van der Waals surface area contributed by atoms with Gasteiger partial charge >= 0.3 is 0 Å². The van der Waals surface area contributed by atoms with E-state index in [9.17, 15) is 4.79 Å². The molecule has 0 saturated heterocycles. The first-order chi connectivity index (χ1) is 12.6. The van der Waals surface area contributed by atoms with Crippen LogP contribution in [0.25, 0.3) is 12.2 Å². The highest BCUT2D eigenvalue weighted by Gasteiger charge is 2.12. The van der Waals surface area contributed by atoms with Crippen LogP contribution in [-0.2, 0) is 4.79 Å². The Labute approximate surface area is 153 Å². The molecular formula is C21H22O5. The van der Waals surface area contributed by atoms with Crippen LogP contribution in [0.15, 0.2) is 48.6 Å². The second kappa shape index (κ2) is 9.32. The molecule has 0 aliphatic rings. The molecule has 0 saturated carbocycles. The summed E-state index contributed by atoms with van der Waals surface area (Å²) in [5, 5.41) is 0. The van der Waals surface area contributed by atoms with Gasteiger partial charge in [0.15, 0.2) is 17.3 Å². The molecule has 0 aromatic heterocycles. The van der Waals surface area contributed by atoms with E-state index in [0.29, 0.717) is 17.2 Å². The number of rotatable bonds is 8. The van der Waals surface area contributed by atoms with Crippen molar-refractivity contribution in [2.24, 2.45) is 0 Å². The number of hydrogen-bond acceptors (Lipinski definition) is 5. The quantitative estimate of drug-likeness (QED) is 0.670. The van der Waals surface area contributed by atoms with Crippen molar-refractivity contribution >= 4 is 17.9 Å². The number of carbonyl (C=O) groups is 1. The molecule has 2 rings (SSSR count). The first-order valence-corrected chi connectivity index (χ1v) is 7.95. The second-order valence-electron chi connectivity index (χ2n) is 5.30. The molecule has 0 bridgehead atoms. The highest BCUT2D eigenvalue weighted by molar-refractivity contribution is 6.04. The van der Waals surface area contributed by atoms with Crippen LogP contribution in [0.4, 0.5) is 0 Å². The molecular weight excluding hydrogens is 332 g/mol. The Hall–Kier alpha value is -3.21. The molecule has 0 N–H and O–H groups in total. The number of methoxy groups -OCH3 is 4. The van der Waals surface area contributed by atoms with Crippen LogP contribution in [0.1, 0.15) is 11.1 Å². The monoisotopic (exact) mass is 354 g/mol. The molecule has 0 heterocycles. The van der Waals surface area contributed by atoms with Crippen LogP contribution in [0.3, 0.4) is 0 Å². The lowest BCUT2D eigenvalue weighted by molar-refractivity contribution is -0.110.